The maximum absolute atomic E-state index is 8.00. The van der Waals surface area contributed by atoms with Crippen molar-refractivity contribution in [1.82, 2.24) is 4.98 Å². The van der Waals surface area contributed by atoms with E-state index >= 15 is 0 Å². The minimum atomic E-state index is -2.24. The lowest BCUT2D eigenvalue weighted by Crippen LogP contribution is -2.21. The van der Waals surface area contributed by atoms with Crippen LogP contribution in [0.4, 0.5) is 0 Å². The van der Waals surface area contributed by atoms with Crippen LogP contribution in [0.5, 0.6) is 0 Å². The van der Waals surface area contributed by atoms with Crippen molar-refractivity contribution in [3.8, 4) is 11.3 Å². The van der Waals surface area contributed by atoms with Crippen LogP contribution in [0.15, 0.2) is 30.5 Å². The Balaban J connectivity index is 2.64. The molecule has 0 atom stereocenters. The van der Waals surface area contributed by atoms with E-state index in [0.29, 0.717) is 11.3 Å². The average molecular weight is 287 g/mol. The normalized spacial score (nSPS) is 17.1. The lowest BCUT2D eigenvalue weighted by atomic mass is 9.76. The molecule has 0 aliphatic rings. The molecule has 2 rings (SSSR count). The number of nitrogens with zero attached hydrogens (tertiary/aromatic N) is 1. The Hall–Kier alpha value is -1.63. The summed E-state index contributed by atoms with van der Waals surface area (Å²) >= 11 is 0. The van der Waals surface area contributed by atoms with E-state index in [0.717, 1.165) is 29.5 Å². The average Bonchev–Trinajstić information content (AvgIpc) is 2.59. The molecule has 0 N–H and O–H groups in total. The minimum absolute atomic E-state index is 0.255. The first-order chi connectivity index (χ1) is 12.3. The second kappa shape index (κ2) is 6.01. The summed E-state index contributed by atoms with van der Waals surface area (Å²) in [4.78, 5) is 4.55. The van der Waals surface area contributed by atoms with Gasteiger partial charge >= 0.3 is 0 Å². The molecular weight excluding hydrogens is 254 g/mol. The molecule has 21 heavy (non-hydrogen) atoms. The largest absolute Gasteiger partial charge is 0.256 e. The molecule has 0 radical (unpaired) electrons. The van der Waals surface area contributed by atoms with Gasteiger partial charge < -0.3 is 0 Å². The quantitative estimate of drug-likeness (QED) is 0.697. The zero-order chi connectivity index (χ0) is 20.6. The van der Waals surface area contributed by atoms with E-state index in [1.807, 2.05) is 6.92 Å². The molecule has 0 fully saturated rings. The van der Waals surface area contributed by atoms with E-state index in [4.69, 9.17) is 8.22 Å². The SMILES string of the molecule is [2H]C([2H])([2H])c1ccc(-c2cc(C([2H])([2H])[2H])c(C(C)(CC)CC)cn2)c(C)c1. The van der Waals surface area contributed by atoms with E-state index in [-0.39, 0.29) is 11.0 Å². The molecule has 1 heterocycles. The van der Waals surface area contributed by atoms with Gasteiger partial charge in [-0.05, 0) is 61.6 Å². The molecule has 0 unspecified atom stereocenters. The van der Waals surface area contributed by atoms with Gasteiger partial charge in [-0.15, -0.1) is 0 Å². The maximum atomic E-state index is 8.00. The highest BCUT2D eigenvalue weighted by Crippen LogP contribution is 2.34. The Bertz CT molecular complexity index is 816. The molecular formula is C20H27N. The van der Waals surface area contributed by atoms with Crippen molar-refractivity contribution in [2.75, 3.05) is 0 Å². The van der Waals surface area contributed by atoms with Gasteiger partial charge in [0.05, 0.1) is 5.69 Å². The fourth-order valence-corrected chi connectivity index (χ4v) is 2.67. The van der Waals surface area contributed by atoms with Crippen molar-refractivity contribution in [2.45, 2.75) is 59.7 Å². The number of hydrogen-bond acceptors (Lipinski definition) is 1. The summed E-state index contributed by atoms with van der Waals surface area (Å²) in [6.07, 6.45) is 3.32. The molecule has 0 amide bonds. The molecule has 1 heteroatoms. The highest BCUT2D eigenvalue weighted by atomic mass is 14.7. The van der Waals surface area contributed by atoms with E-state index < -0.39 is 13.7 Å². The van der Waals surface area contributed by atoms with Crippen LogP contribution in [0, 0.1) is 20.6 Å². The Morgan fingerprint density at radius 2 is 1.86 bits per heavy atom. The standard InChI is InChI=1S/C20H27N/c1-7-20(6,8-2)18-13-21-19(12-16(18)5)17-10-9-14(3)11-15(17)4/h9-13H,7-8H2,1-6H3/i3D3,5D3. The predicted molar refractivity (Wildman–Crippen MR) is 91.8 cm³/mol. The Labute approximate surface area is 137 Å². The van der Waals surface area contributed by atoms with Crippen LogP contribution in [0.3, 0.4) is 0 Å². The monoisotopic (exact) mass is 287 g/mol. The van der Waals surface area contributed by atoms with Gasteiger partial charge in [-0.1, -0.05) is 44.5 Å². The van der Waals surface area contributed by atoms with Gasteiger partial charge in [0.15, 0.2) is 0 Å². The van der Waals surface area contributed by atoms with Gasteiger partial charge in [0.1, 0.15) is 0 Å². The van der Waals surface area contributed by atoms with Gasteiger partial charge in [-0.3, -0.25) is 4.98 Å². The first-order valence-corrected chi connectivity index (χ1v) is 7.46. The molecule has 0 saturated heterocycles. The van der Waals surface area contributed by atoms with Gasteiger partial charge in [0.2, 0.25) is 0 Å². The zero-order valence-electron chi connectivity index (χ0n) is 19.2. The number of benzene rings is 1. The molecule has 0 bridgehead atoms. The predicted octanol–water partition coefficient (Wildman–Crippen LogP) is 5.75. The van der Waals surface area contributed by atoms with E-state index in [9.17, 15) is 0 Å². The first kappa shape index (κ1) is 9.40. The topological polar surface area (TPSA) is 12.9 Å². The number of aromatic nitrogens is 1. The van der Waals surface area contributed by atoms with Gasteiger partial charge in [0, 0.05) is 20.0 Å². The van der Waals surface area contributed by atoms with Crippen LogP contribution in [0.1, 0.15) is 64.1 Å². The van der Waals surface area contributed by atoms with Crippen molar-refractivity contribution >= 4 is 0 Å². The number of pyridine rings is 1. The van der Waals surface area contributed by atoms with Gasteiger partial charge in [-0.25, -0.2) is 0 Å². The highest BCUT2D eigenvalue weighted by molar-refractivity contribution is 5.65. The summed E-state index contributed by atoms with van der Waals surface area (Å²) in [5.41, 5.74) is 3.14. The van der Waals surface area contributed by atoms with E-state index in [2.05, 4.69) is 25.8 Å². The molecule has 2 aromatic rings. The third-order valence-corrected chi connectivity index (χ3v) is 4.62. The van der Waals surface area contributed by atoms with E-state index in [1.54, 1.807) is 30.5 Å². The van der Waals surface area contributed by atoms with Crippen LogP contribution in [0.25, 0.3) is 11.3 Å². The Morgan fingerprint density at radius 1 is 1.10 bits per heavy atom. The first-order valence-electron chi connectivity index (χ1n) is 10.5. The Kier molecular flexibility index (Phi) is 2.69. The lowest BCUT2D eigenvalue weighted by molar-refractivity contribution is 0.435. The summed E-state index contributed by atoms with van der Waals surface area (Å²) < 4.78 is 46.6. The van der Waals surface area contributed by atoms with Crippen molar-refractivity contribution in [3.63, 3.8) is 0 Å². The molecule has 0 aliphatic heterocycles. The molecule has 0 saturated carbocycles. The second-order valence-corrected chi connectivity index (χ2v) is 5.91. The fourth-order valence-electron chi connectivity index (χ4n) is 2.67. The summed E-state index contributed by atoms with van der Waals surface area (Å²) in [6, 6.07) is 6.53. The zero-order valence-corrected chi connectivity index (χ0v) is 13.2. The summed E-state index contributed by atoms with van der Waals surface area (Å²) in [6.45, 7) is 3.57. The third kappa shape index (κ3) is 3.02. The lowest BCUT2D eigenvalue weighted by Gasteiger charge is -2.29. The Morgan fingerprint density at radius 3 is 2.43 bits per heavy atom. The number of rotatable bonds is 4. The van der Waals surface area contributed by atoms with Crippen LogP contribution < -0.4 is 0 Å². The number of aryl methyl sites for hydroxylation is 3. The summed E-state index contributed by atoms with van der Waals surface area (Å²) in [5, 5.41) is 0. The van der Waals surface area contributed by atoms with Crippen molar-refractivity contribution < 1.29 is 8.22 Å². The van der Waals surface area contributed by atoms with Crippen LogP contribution >= 0.6 is 0 Å². The molecule has 1 aromatic carbocycles. The van der Waals surface area contributed by atoms with Gasteiger partial charge in [0.25, 0.3) is 0 Å². The van der Waals surface area contributed by atoms with Crippen molar-refractivity contribution in [2.24, 2.45) is 0 Å². The van der Waals surface area contributed by atoms with Crippen LogP contribution in [-0.2, 0) is 5.41 Å². The highest BCUT2D eigenvalue weighted by Gasteiger charge is 2.24. The molecule has 0 spiro atoms. The molecule has 0 aliphatic carbocycles. The minimum Gasteiger partial charge on any atom is -0.256 e. The van der Waals surface area contributed by atoms with Crippen LogP contribution in [0.2, 0.25) is 0 Å². The van der Waals surface area contributed by atoms with Crippen molar-refractivity contribution in [1.29, 1.82) is 0 Å². The van der Waals surface area contributed by atoms with Crippen LogP contribution in [-0.4, -0.2) is 4.98 Å². The fraction of sp³-hybridized carbons (Fsp3) is 0.450. The van der Waals surface area contributed by atoms with Crippen molar-refractivity contribution in [3.05, 3.63) is 52.7 Å². The summed E-state index contributed by atoms with van der Waals surface area (Å²) in [5.74, 6) is 0. The second-order valence-electron chi connectivity index (χ2n) is 5.91. The number of hydrogen-bond donors (Lipinski definition) is 0. The smallest absolute Gasteiger partial charge is 0.0707 e. The molecule has 1 nitrogen and oxygen atoms in total. The molecule has 1 aromatic heterocycles. The summed E-state index contributed by atoms with van der Waals surface area (Å²) in [7, 11) is 0. The van der Waals surface area contributed by atoms with Gasteiger partial charge in [-0.2, -0.15) is 0 Å². The molecule has 112 valence electrons. The van der Waals surface area contributed by atoms with E-state index in [1.165, 1.54) is 0 Å². The third-order valence-electron chi connectivity index (χ3n) is 4.62. The maximum Gasteiger partial charge on any atom is 0.0707 e.